The first kappa shape index (κ1) is 33.0. The zero-order chi connectivity index (χ0) is 34.5. The molecule has 0 atom stereocenters. The number of azo groups is 1. The van der Waals surface area contributed by atoms with Gasteiger partial charge >= 0.3 is 0 Å². The lowest BCUT2D eigenvalue weighted by molar-refractivity contribution is 0.450. The Balaban J connectivity index is 1.60. The summed E-state index contributed by atoms with van der Waals surface area (Å²) >= 11 is 0. The van der Waals surface area contributed by atoms with Gasteiger partial charge in [0.25, 0.3) is 0 Å². The van der Waals surface area contributed by atoms with E-state index in [4.69, 9.17) is 0 Å². The van der Waals surface area contributed by atoms with Crippen LogP contribution in [0.25, 0.3) is 0 Å². The number of phenols is 4. The molecule has 246 valence electrons. The second-order valence-corrected chi connectivity index (χ2v) is 12.6. The number of fused-ring (bicyclic) bond motifs is 8. The Kier molecular flexibility index (Phi) is 9.77. The smallest absolute Gasteiger partial charge is 0.122 e. The highest BCUT2D eigenvalue weighted by molar-refractivity contribution is 5.60. The predicted octanol–water partition coefficient (Wildman–Crippen LogP) is 9.79. The quantitative estimate of drug-likeness (QED) is 0.0974. The first-order chi connectivity index (χ1) is 23.8. The molecule has 8 bridgehead atoms. The van der Waals surface area contributed by atoms with Crippen molar-refractivity contribution < 1.29 is 20.4 Å². The van der Waals surface area contributed by atoms with E-state index >= 15 is 0 Å². The lowest BCUT2D eigenvalue weighted by Crippen LogP contribution is -2.03. The fourth-order valence-corrected chi connectivity index (χ4v) is 6.66. The molecule has 0 saturated heterocycles. The van der Waals surface area contributed by atoms with Crippen molar-refractivity contribution >= 4 is 11.4 Å². The molecule has 0 fully saturated rings. The van der Waals surface area contributed by atoms with E-state index in [1.54, 1.807) is 12.1 Å². The lowest BCUT2D eigenvalue weighted by Gasteiger charge is -2.19. The van der Waals surface area contributed by atoms with Crippen molar-refractivity contribution in [2.24, 2.45) is 10.2 Å². The molecule has 5 aromatic rings. The molecule has 1 aliphatic rings. The van der Waals surface area contributed by atoms with Gasteiger partial charge in [0.15, 0.2) is 0 Å². The molecule has 6 heteroatoms. The highest BCUT2D eigenvalue weighted by atomic mass is 16.3. The normalized spacial score (nSPS) is 12.5. The highest BCUT2D eigenvalue weighted by Gasteiger charge is 2.21. The summed E-state index contributed by atoms with van der Waals surface area (Å²) in [6.45, 7) is 11.8. The molecule has 6 nitrogen and oxygen atoms in total. The summed E-state index contributed by atoms with van der Waals surface area (Å²) < 4.78 is 0. The van der Waals surface area contributed by atoms with Crippen LogP contribution in [0.4, 0.5) is 11.4 Å². The van der Waals surface area contributed by atoms with Gasteiger partial charge in [-0.15, -0.1) is 19.7 Å². The largest absolute Gasteiger partial charge is 0.507 e. The van der Waals surface area contributed by atoms with Crippen LogP contribution in [-0.2, 0) is 44.9 Å². The molecule has 0 aliphatic heterocycles. The summed E-state index contributed by atoms with van der Waals surface area (Å²) in [5.41, 5.74) is 9.09. The Morgan fingerprint density at radius 2 is 0.714 bits per heavy atom. The van der Waals surface area contributed by atoms with Crippen LogP contribution in [0.3, 0.4) is 0 Å². The minimum atomic E-state index is 0.0628. The van der Waals surface area contributed by atoms with Crippen molar-refractivity contribution in [1.29, 1.82) is 0 Å². The summed E-state index contributed by atoms with van der Waals surface area (Å²) in [6, 6.07) is 24.6. The number of allylic oxidation sites excluding steroid dienone is 3. The number of rotatable bonds is 8. The molecule has 6 rings (SSSR count). The van der Waals surface area contributed by atoms with Gasteiger partial charge in [0.05, 0.1) is 11.4 Å². The Labute approximate surface area is 287 Å². The van der Waals surface area contributed by atoms with Gasteiger partial charge in [0.2, 0.25) is 0 Å². The van der Waals surface area contributed by atoms with Gasteiger partial charge in [-0.05, 0) is 93.6 Å². The van der Waals surface area contributed by atoms with Crippen LogP contribution in [-0.4, -0.2) is 20.4 Å². The summed E-state index contributed by atoms with van der Waals surface area (Å²) in [4.78, 5) is 0. The Bertz CT molecular complexity index is 1980. The highest BCUT2D eigenvalue weighted by Crippen LogP contribution is 2.40. The van der Waals surface area contributed by atoms with E-state index < -0.39 is 0 Å². The fourth-order valence-electron chi connectivity index (χ4n) is 6.66. The average molecular weight is 649 g/mol. The molecule has 1 aliphatic carbocycles. The molecule has 0 spiro atoms. The summed E-state index contributed by atoms with van der Waals surface area (Å²) in [6.07, 6.45) is 8.15. The van der Waals surface area contributed by atoms with Crippen molar-refractivity contribution in [3.05, 3.63) is 178 Å². The maximum Gasteiger partial charge on any atom is 0.122 e. The molecule has 0 amide bonds. The molecule has 0 heterocycles. The van der Waals surface area contributed by atoms with Gasteiger partial charge in [-0.3, -0.25) is 0 Å². The van der Waals surface area contributed by atoms with Crippen LogP contribution >= 0.6 is 0 Å². The van der Waals surface area contributed by atoms with Crippen LogP contribution in [0.1, 0.15) is 61.2 Å². The number of nitrogens with zero attached hydrogens (tertiary/aromatic N) is 2. The number of hydrogen-bond donors (Lipinski definition) is 4. The van der Waals surface area contributed by atoms with E-state index in [1.807, 2.05) is 85.0 Å². The molecular formula is C43H40N2O4. The van der Waals surface area contributed by atoms with Crippen LogP contribution < -0.4 is 0 Å². The van der Waals surface area contributed by atoms with Crippen LogP contribution in [0, 0.1) is 0 Å². The SMILES string of the molecule is C=CCc1cc2c(O)c(c1)Cc1cc(CC=C)cc(c1O)Cc1cc(N=Nc3ccccc3)cc(c1O)Cc1cc(CC=C)cc(c1O)C2. The second-order valence-electron chi connectivity index (χ2n) is 12.6. The van der Waals surface area contributed by atoms with Crippen LogP contribution in [0.5, 0.6) is 23.0 Å². The zero-order valence-electron chi connectivity index (χ0n) is 27.5. The number of aromatic hydroxyl groups is 4. The first-order valence-electron chi connectivity index (χ1n) is 16.4. The van der Waals surface area contributed by atoms with E-state index in [-0.39, 0.29) is 48.7 Å². The third kappa shape index (κ3) is 7.34. The maximum absolute atomic E-state index is 11.8. The van der Waals surface area contributed by atoms with Crippen molar-refractivity contribution in [3.63, 3.8) is 0 Å². The molecular weight excluding hydrogens is 608 g/mol. The van der Waals surface area contributed by atoms with Gasteiger partial charge in [0.1, 0.15) is 23.0 Å². The molecule has 5 aromatic carbocycles. The minimum Gasteiger partial charge on any atom is -0.507 e. The Morgan fingerprint density at radius 1 is 0.429 bits per heavy atom. The zero-order valence-corrected chi connectivity index (χ0v) is 27.5. The second kappa shape index (κ2) is 14.5. The Hall–Kier alpha value is -5.88. The van der Waals surface area contributed by atoms with Crippen molar-refractivity contribution in [3.8, 4) is 23.0 Å². The lowest BCUT2D eigenvalue weighted by atomic mass is 9.88. The molecule has 4 N–H and O–H groups in total. The van der Waals surface area contributed by atoms with Gasteiger partial charge in [-0.2, -0.15) is 10.2 Å². The first-order valence-corrected chi connectivity index (χ1v) is 16.4. The van der Waals surface area contributed by atoms with E-state index in [0.29, 0.717) is 75.1 Å². The minimum absolute atomic E-state index is 0.0628. The molecule has 0 aromatic heterocycles. The predicted molar refractivity (Wildman–Crippen MR) is 196 cm³/mol. The summed E-state index contributed by atoms with van der Waals surface area (Å²) in [7, 11) is 0. The molecule has 0 unspecified atom stereocenters. The summed E-state index contributed by atoms with van der Waals surface area (Å²) in [5.74, 6) is 0.391. The van der Waals surface area contributed by atoms with Gasteiger partial charge in [-0.1, -0.05) is 72.8 Å². The molecule has 0 saturated carbocycles. The summed E-state index contributed by atoms with van der Waals surface area (Å²) in [5, 5.41) is 55.8. The van der Waals surface area contributed by atoms with Gasteiger partial charge in [0, 0.05) is 36.8 Å². The molecule has 0 radical (unpaired) electrons. The van der Waals surface area contributed by atoms with E-state index in [2.05, 4.69) is 30.0 Å². The standard InChI is InChI=1S/C43H40N2O4/c1-4-10-27-15-30-21-32-17-28(11-5-2)19-34(41(32)47)23-36-25-39(45-44-38-13-8-7-9-14-38)26-37(43(36)49)24-35-20-29(12-6-3)18-33(42(35)48)22-31(16-27)40(30)46/h4-9,13-20,25-26,46-49H,1-3,10-12,21-24H2. The number of benzene rings is 5. The molecule has 49 heavy (non-hydrogen) atoms. The van der Waals surface area contributed by atoms with Crippen molar-refractivity contribution in [2.75, 3.05) is 0 Å². The van der Waals surface area contributed by atoms with E-state index in [9.17, 15) is 20.4 Å². The number of hydrogen-bond acceptors (Lipinski definition) is 6. The van der Waals surface area contributed by atoms with E-state index in [1.165, 1.54) is 0 Å². The third-order valence-corrected chi connectivity index (χ3v) is 8.94. The number of phenolic OH excluding ortho intramolecular Hbond substituents is 4. The van der Waals surface area contributed by atoms with Crippen LogP contribution in [0.15, 0.2) is 127 Å². The third-order valence-electron chi connectivity index (χ3n) is 8.94. The monoisotopic (exact) mass is 648 g/mol. The van der Waals surface area contributed by atoms with Gasteiger partial charge in [-0.25, -0.2) is 0 Å². The fraction of sp³-hybridized carbons (Fsp3) is 0.163. The van der Waals surface area contributed by atoms with E-state index in [0.717, 1.165) is 16.7 Å². The Morgan fingerprint density at radius 3 is 1.02 bits per heavy atom. The van der Waals surface area contributed by atoms with Crippen molar-refractivity contribution in [1.82, 2.24) is 0 Å². The van der Waals surface area contributed by atoms with Crippen LogP contribution in [0.2, 0.25) is 0 Å². The topological polar surface area (TPSA) is 106 Å². The van der Waals surface area contributed by atoms with Crippen molar-refractivity contribution in [2.45, 2.75) is 44.9 Å². The average Bonchev–Trinajstić information content (AvgIpc) is 3.08. The maximum atomic E-state index is 11.8. The van der Waals surface area contributed by atoms with Gasteiger partial charge < -0.3 is 20.4 Å².